The number of piperidine rings is 1. The lowest BCUT2D eigenvalue weighted by atomic mass is 10.1. The van der Waals surface area contributed by atoms with Gasteiger partial charge >= 0.3 is 0 Å². The fourth-order valence-corrected chi connectivity index (χ4v) is 2.44. The van der Waals surface area contributed by atoms with Crippen LogP contribution in [0.25, 0.3) is 0 Å². The third-order valence-electron chi connectivity index (χ3n) is 2.69. The molecule has 1 amide bonds. The molecule has 1 fully saturated rings. The first-order valence-corrected chi connectivity index (χ1v) is 6.10. The van der Waals surface area contributed by atoms with Gasteiger partial charge < -0.3 is 4.90 Å². The molecule has 2 rings (SSSR count). The molecule has 1 aliphatic rings. The maximum Gasteiger partial charge on any atom is 0.240 e. The first kappa shape index (κ1) is 11.2. The number of hydrogen-bond donors (Lipinski definition) is 0. The standard InChI is InChI=1S/C12H11BrN2O/c13-10-5-3-7-15(12(10)16)11-6-2-1-4-9(11)8-14/h1-2,4,6,10H,3,5,7H2. The minimum Gasteiger partial charge on any atom is -0.310 e. The summed E-state index contributed by atoms with van der Waals surface area (Å²) in [5.74, 6) is 0.0500. The van der Waals surface area contributed by atoms with Gasteiger partial charge in [-0.3, -0.25) is 4.79 Å². The minimum absolute atomic E-state index is 0.0500. The Labute approximate surface area is 103 Å². The highest BCUT2D eigenvalue weighted by Gasteiger charge is 2.28. The summed E-state index contributed by atoms with van der Waals surface area (Å²) in [6, 6.07) is 9.33. The number of benzene rings is 1. The highest BCUT2D eigenvalue weighted by Crippen LogP contribution is 2.26. The van der Waals surface area contributed by atoms with E-state index in [9.17, 15) is 4.79 Å². The molecule has 0 radical (unpaired) electrons. The molecule has 0 aromatic heterocycles. The lowest BCUT2D eigenvalue weighted by Gasteiger charge is -2.30. The van der Waals surface area contributed by atoms with Crippen molar-refractivity contribution in [1.82, 2.24) is 0 Å². The maximum absolute atomic E-state index is 12.0. The zero-order valence-electron chi connectivity index (χ0n) is 8.69. The van der Waals surface area contributed by atoms with Gasteiger partial charge in [0.05, 0.1) is 16.1 Å². The predicted octanol–water partition coefficient (Wildman–Crippen LogP) is 2.45. The largest absolute Gasteiger partial charge is 0.310 e. The van der Waals surface area contributed by atoms with Crippen molar-refractivity contribution in [3.05, 3.63) is 29.8 Å². The normalized spacial score (nSPS) is 20.6. The van der Waals surface area contributed by atoms with Crippen molar-refractivity contribution >= 4 is 27.5 Å². The molecular formula is C12H11BrN2O. The Kier molecular flexibility index (Phi) is 3.25. The van der Waals surface area contributed by atoms with Gasteiger partial charge in [-0.25, -0.2) is 0 Å². The summed E-state index contributed by atoms with van der Waals surface area (Å²) >= 11 is 3.36. The lowest BCUT2D eigenvalue weighted by molar-refractivity contribution is -0.118. The van der Waals surface area contributed by atoms with E-state index in [1.807, 2.05) is 18.2 Å². The molecule has 1 atom stereocenters. The van der Waals surface area contributed by atoms with Crippen LogP contribution in [0.4, 0.5) is 5.69 Å². The Morgan fingerprint density at radius 1 is 1.44 bits per heavy atom. The molecule has 1 heterocycles. The second-order valence-electron chi connectivity index (χ2n) is 3.73. The van der Waals surface area contributed by atoms with E-state index < -0.39 is 0 Å². The quantitative estimate of drug-likeness (QED) is 0.741. The van der Waals surface area contributed by atoms with E-state index in [4.69, 9.17) is 5.26 Å². The van der Waals surface area contributed by atoms with Crippen LogP contribution in [0.3, 0.4) is 0 Å². The third-order valence-corrected chi connectivity index (χ3v) is 3.54. The van der Waals surface area contributed by atoms with Crippen molar-refractivity contribution in [2.45, 2.75) is 17.7 Å². The van der Waals surface area contributed by atoms with Gasteiger partial charge in [-0.1, -0.05) is 28.1 Å². The second kappa shape index (κ2) is 4.67. The van der Waals surface area contributed by atoms with Gasteiger partial charge in [0.2, 0.25) is 5.91 Å². The topological polar surface area (TPSA) is 44.1 Å². The molecule has 0 aliphatic carbocycles. The summed E-state index contributed by atoms with van der Waals surface area (Å²) in [6.45, 7) is 0.694. The van der Waals surface area contributed by atoms with Crippen LogP contribution < -0.4 is 4.90 Å². The van der Waals surface area contributed by atoms with E-state index in [-0.39, 0.29) is 10.7 Å². The van der Waals surface area contributed by atoms with Crippen LogP contribution in [0, 0.1) is 11.3 Å². The molecule has 1 unspecified atom stereocenters. The number of carbonyl (C=O) groups excluding carboxylic acids is 1. The number of amides is 1. The van der Waals surface area contributed by atoms with E-state index in [2.05, 4.69) is 22.0 Å². The SMILES string of the molecule is N#Cc1ccccc1N1CCCC(Br)C1=O. The van der Waals surface area contributed by atoms with Crippen LogP contribution in [-0.2, 0) is 4.79 Å². The minimum atomic E-state index is -0.118. The molecule has 0 N–H and O–H groups in total. The highest BCUT2D eigenvalue weighted by molar-refractivity contribution is 9.10. The van der Waals surface area contributed by atoms with Crippen LogP contribution in [0.5, 0.6) is 0 Å². The Morgan fingerprint density at radius 3 is 2.94 bits per heavy atom. The summed E-state index contributed by atoms with van der Waals surface area (Å²) in [4.78, 5) is 13.5. The summed E-state index contributed by atoms with van der Waals surface area (Å²) in [6.07, 6.45) is 1.82. The van der Waals surface area contributed by atoms with Gasteiger partial charge in [0.25, 0.3) is 0 Å². The Bertz CT molecular complexity index is 453. The molecule has 3 nitrogen and oxygen atoms in total. The van der Waals surface area contributed by atoms with Crippen molar-refractivity contribution in [3.8, 4) is 6.07 Å². The first-order valence-electron chi connectivity index (χ1n) is 5.18. The average Bonchev–Trinajstić information content (AvgIpc) is 2.33. The fourth-order valence-electron chi connectivity index (χ4n) is 1.87. The maximum atomic E-state index is 12.0. The zero-order valence-corrected chi connectivity index (χ0v) is 10.3. The summed E-state index contributed by atoms with van der Waals surface area (Å²) in [5.41, 5.74) is 1.27. The average molecular weight is 279 g/mol. The monoisotopic (exact) mass is 278 g/mol. The van der Waals surface area contributed by atoms with Gasteiger partial charge in [0.15, 0.2) is 0 Å². The van der Waals surface area contributed by atoms with Crippen LogP contribution >= 0.6 is 15.9 Å². The Hall–Kier alpha value is -1.34. The summed E-state index contributed by atoms with van der Waals surface area (Å²) in [7, 11) is 0. The summed E-state index contributed by atoms with van der Waals surface area (Å²) < 4.78 is 0. The number of carbonyl (C=O) groups is 1. The molecule has 16 heavy (non-hydrogen) atoms. The van der Waals surface area contributed by atoms with Gasteiger partial charge in [-0.15, -0.1) is 0 Å². The smallest absolute Gasteiger partial charge is 0.240 e. The predicted molar refractivity (Wildman–Crippen MR) is 65.5 cm³/mol. The van der Waals surface area contributed by atoms with Gasteiger partial charge in [-0.2, -0.15) is 5.26 Å². The molecule has 0 saturated carbocycles. The number of hydrogen-bond acceptors (Lipinski definition) is 2. The Morgan fingerprint density at radius 2 is 2.19 bits per heavy atom. The number of anilines is 1. The highest BCUT2D eigenvalue weighted by atomic mass is 79.9. The van der Waals surface area contributed by atoms with Crippen molar-refractivity contribution in [2.24, 2.45) is 0 Å². The third kappa shape index (κ3) is 1.96. The first-order chi connectivity index (χ1) is 7.74. The number of para-hydroxylation sites is 1. The van der Waals surface area contributed by atoms with Crippen molar-refractivity contribution in [2.75, 3.05) is 11.4 Å². The van der Waals surface area contributed by atoms with Gasteiger partial charge in [-0.05, 0) is 25.0 Å². The van der Waals surface area contributed by atoms with Crippen LogP contribution in [0.15, 0.2) is 24.3 Å². The Balaban J connectivity index is 2.37. The van der Waals surface area contributed by atoms with E-state index in [1.54, 1.807) is 11.0 Å². The van der Waals surface area contributed by atoms with Crippen LogP contribution in [0.2, 0.25) is 0 Å². The number of halogens is 1. The number of nitriles is 1. The molecule has 82 valence electrons. The number of nitrogens with zero attached hydrogens (tertiary/aromatic N) is 2. The van der Waals surface area contributed by atoms with Crippen LogP contribution in [0.1, 0.15) is 18.4 Å². The lowest BCUT2D eigenvalue weighted by Crippen LogP contribution is -2.42. The molecule has 1 aliphatic heterocycles. The van der Waals surface area contributed by atoms with Crippen molar-refractivity contribution in [1.29, 1.82) is 5.26 Å². The second-order valence-corrected chi connectivity index (χ2v) is 4.83. The van der Waals surface area contributed by atoms with Crippen molar-refractivity contribution < 1.29 is 4.79 Å². The van der Waals surface area contributed by atoms with Crippen molar-refractivity contribution in [3.63, 3.8) is 0 Å². The van der Waals surface area contributed by atoms with E-state index in [1.165, 1.54) is 0 Å². The van der Waals surface area contributed by atoms with E-state index >= 15 is 0 Å². The van der Waals surface area contributed by atoms with E-state index in [0.29, 0.717) is 12.1 Å². The van der Waals surface area contributed by atoms with Gasteiger partial charge in [0, 0.05) is 6.54 Å². The molecule has 1 saturated heterocycles. The van der Waals surface area contributed by atoms with Gasteiger partial charge in [0.1, 0.15) is 6.07 Å². The molecule has 1 aromatic carbocycles. The molecule has 0 spiro atoms. The molecular weight excluding hydrogens is 268 g/mol. The zero-order chi connectivity index (χ0) is 11.5. The molecule has 4 heteroatoms. The van der Waals surface area contributed by atoms with Crippen LogP contribution in [-0.4, -0.2) is 17.3 Å². The number of rotatable bonds is 1. The summed E-state index contributed by atoms with van der Waals surface area (Å²) in [5, 5.41) is 9.00. The number of alkyl halides is 1. The molecule has 0 bridgehead atoms. The van der Waals surface area contributed by atoms with E-state index in [0.717, 1.165) is 18.5 Å². The fraction of sp³-hybridized carbons (Fsp3) is 0.333. The molecule has 1 aromatic rings.